The lowest BCUT2D eigenvalue weighted by molar-refractivity contribution is 0.0946. The van der Waals surface area contributed by atoms with E-state index < -0.39 is 0 Å². The van der Waals surface area contributed by atoms with Gasteiger partial charge in [-0.15, -0.1) is 0 Å². The third-order valence-electron chi connectivity index (χ3n) is 3.43. The maximum absolute atomic E-state index is 12.0. The van der Waals surface area contributed by atoms with E-state index in [1.165, 1.54) is 0 Å². The zero-order chi connectivity index (χ0) is 16.7. The van der Waals surface area contributed by atoms with Crippen molar-refractivity contribution < 1.29 is 9.53 Å². The Balaban J connectivity index is 1.80. The average molecular weight is 316 g/mol. The molecule has 6 nitrogen and oxygen atoms in total. The molecular formula is C17H24N4O2. The quantitative estimate of drug-likeness (QED) is 0.780. The monoisotopic (exact) mass is 316 g/mol. The van der Waals surface area contributed by atoms with Crippen molar-refractivity contribution >= 4 is 5.91 Å². The standard InChI is InChI=1S/C17H24N4O2/c1-4-14-11-16(20-19-14)17(22)18-12-13-5-7-15(8-6-13)23-10-9-21(2)3/h5-8,11H,4,9-10,12H2,1-3H3,(H,18,22)(H,19,20). The van der Waals surface area contributed by atoms with Gasteiger partial charge in [-0.3, -0.25) is 9.89 Å². The van der Waals surface area contributed by atoms with Crippen molar-refractivity contribution in [3.05, 3.63) is 47.3 Å². The van der Waals surface area contributed by atoms with Gasteiger partial charge in [0.15, 0.2) is 0 Å². The molecule has 0 fully saturated rings. The summed E-state index contributed by atoms with van der Waals surface area (Å²) in [6, 6.07) is 9.51. The van der Waals surface area contributed by atoms with E-state index in [1.54, 1.807) is 6.07 Å². The molecule has 0 unspecified atom stereocenters. The molecule has 0 aliphatic rings. The van der Waals surface area contributed by atoms with Crippen molar-refractivity contribution in [1.82, 2.24) is 20.4 Å². The number of hydrogen-bond donors (Lipinski definition) is 2. The van der Waals surface area contributed by atoms with E-state index in [-0.39, 0.29) is 5.91 Å². The number of hydrogen-bond acceptors (Lipinski definition) is 4. The molecular weight excluding hydrogens is 292 g/mol. The van der Waals surface area contributed by atoms with Gasteiger partial charge in [-0.25, -0.2) is 0 Å². The number of aromatic amines is 1. The summed E-state index contributed by atoms with van der Waals surface area (Å²) in [7, 11) is 4.02. The van der Waals surface area contributed by atoms with Crippen LogP contribution in [0.1, 0.15) is 28.7 Å². The first kappa shape index (κ1) is 17.0. The third kappa shape index (κ3) is 5.41. The summed E-state index contributed by atoms with van der Waals surface area (Å²) < 4.78 is 5.64. The van der Waals surface area contributed by atoms with E-state index >= 15 is 0 Å². The van der Waals surface area contributed by atoms with Crippen molar-refractivity contribution in [2.75, 3.05) is 27.2 Å². The van der Waals surface area contributed by atoms with Crippen LogP contribution in [0.5, 0.6) is 5.75 Å². The second-order valence-corrected chi connectivity index (χ2v) is 5.61. The van der Waals surface area contributed by atoms with Crippen LogP contribution in [0.4, 0.5) is 0 Å². The smallest absolute Gasteiger partial charge is 0.272 e. The lowest BCUT2D eigenvalue weighted by atomic mass is 10.2. The maximum Gasteiger partial charge on any atom is 0.272 e. The highest BCUT2D eigenvalue weighted by atomic mass is 16.5. The molecule has 2 rings (SSSR count). The molecule has 0 aliphatic heterocycles. The number of rotatable bonds is 8. The molecule has 1 aromatic carbocycles. The molecule has 0 saturated heterocycles. The first-order chi connectivity index (χ1) is 11.1. The molecule has 6 heteroatoms. The molecule has 23 heavy (non-hydrogen) atoms. The number of amides is 1. The normalized spacial score (nSPS) is 10.8. The predicted molar refractivity (Wildman–Crippen MR) is 89.6 cm³/mol. The van der Waals surface area contributed by atoms with Crippen molar-refractivity contribution in [3.8, 4) is 5.75 Å². The molecule has 124 valence electrons. The highest BCUT2D eigenvalue weighted by Crippen LogP contribution is 2.12. The number of ether oxygens (including phenoxy) is 1. The van der Waals surface area contributed by atoms with Crippen LogP contribution in [0, 0.1) is 0 Å². The maximum atomic E-state index is 12.0. The van der Waals surface area contributed by atoms with Gasteiger partial charge in [0, 0.05) is 18.8 Å². The number of benzene rings is 1. The summed E-state index contributed by atoms with van der Waals surface area (Å²) in [6.07, 6.45) is 0.829. The Kier molecular flexibility index (Phi) is 6.17. The second kappa shape index (κ2) is 8.33. The minimum absolute atomic E-state index is 0.174. The number of nitrogens with zero attached hydrogens (tertiary/aromatic N) is 2. The zero-order valence-electron chi connectivity index (χ0n) is 13.9. The predicted octanol–water partition coefficient (Wildman–Crippen LogP) is 1.84. The third-order valence-corrected chi connectivity index (χ3v) is 3.43. The van der Waals surface area contributed by atoms with Crippen molar-refractivity contribution in [1.29, 1.82) is 0 Å². The van der Waals surface area contributed by atoms with Gasteiger partial charge in [0.05, 0.1) is 0 Å². The molecule has 0 saturated carbocycles. The summed E-state index contributed by atoms with van der Waals surface area (Å²) in [4.78, 5) is 14.1. The second-order valence-electron chi connectivity index (χ2n) is 5.61. The van der Waals surface area contributed by atoms with E-state index in [1.807, 2.05) is 45.3 Å². The number of carbonyl (C=O) groups excluding carboxylic acids is 1. The summed E-state index contributed by atoms with van der Waals surface area (Å²) in [6.45, 7) is 4.01. The summed E-state index contributed by atoms with van der Waals surface area (Å²) in [5.74, 6) is 0.661. The van der Waals surface area contributed by atoms with E-state index in [9.17, 15) is 4.79 Å². The van der Waals surface area contributed by atoms with E-state index in [4.69, 9.17) is 4.74 Å². The van der Waals surface area contributed by atoms with Gasteiger partial charge in [0.2, 0.25) is 0 Å². The Labute approximate surface area is 136 Å². The van der Waals surface area contributed by atoms with Gasteiger partial charge < -0.3 is 15.0 Å². The summed E-state index contributed by atoms with van der Waals surface area (Å²) >= 11 is 0. The number of carbonyl (C=O) groups is 1. The Bertz CT molecular complexity index is 620. The molecule has 1 aromatic heterocycles. The van der Waals surface area contributed by atoms with E-state index in [2.05, 4.69) is 20.4 Å². The van der Waals surface area contributed by atoms with Gasteiger partial charge in [-0.1, -0.05) is 19.1 Å². The molecule has 0 atom stereocenters. The lowest BCUT2D eigenvalue weighted by Gasteiger charge is -2.11. The van der Waals surface area contributed by atoms with E-state index in [0.29, 0.717) is 18.8 Å². The minimum atomic E-state index is -0.174. The van der Waals surface area contributed by atoms with Gasteiger partial charge >= 0.3 is 0 Å². The highest BCUT2D eigenvalue weighted by Gasteiger charge is 2.09. The molecule has 0 aliphatic carbocycles. The van der Waals surface area contributed by atoms with Crippen molar-refractivity contribution in [2.24, 2.45) is 0 Å². The Morgan fingerprint density at radius 1 is 1.30 bits per heavy atom. The van der Waals surface area contributed by atoms with Crippen LogP contribution in [0.3, 0.4) is 0 Å². The number of aryl methyl sites for hydroxylation is 1. The fourth-order valence-electron chi connectivity index (χ4n) is 1.98. The fraction of sp³-hybridized carbons (Fsp3) is 0.412. The number of likely N-dealkylation sites (N-methyl/N-ethyl adjacent to an activating group) is 1. The van der Waals surface area contributed by atoms with Crippen molar-refractivity contribution in [3.63, 3.8) is 0 Å². The first-order valence-electron chi connectivity index (χ1n) is 7.77. The van der Waals surface area contributed by atoms with Gasteiger partial charge in [0.1, 0.15) is 18.1 Å². The molecule has 0 spiro atoms. The van der Waals surface area contributed by atoms with Crippen LogP contribution in [0.15, 0.2) is 30.3 Å². The molecule has 0 radical (unpaired) electrons. The number of H-pyrrole nitrogens is 1. The average Bonchev–Trinajstić information content (AvgIpc) is 3.02. The highest BCUT2D eigenvalue weighted by molar-refractivity contribution is 5.92. The summed E-state index contributed by atoms with van der Waals surface area (Å²) in [5.41, 5.74) is 2.39. The van der Waals surface area contributed by atoms with Crippen LogP contribution >= 0.6 is 0 Å². The zero-order valence-corrected chi connectivity index (χ0v) is 13.9. The van der Waals surface area contributed by atoms with E-state index in [0.717, 1.165) is 30.0 Å². The van der Waals surface area contributed by atoms with Crippen LogP contribution < -0.4 is 10.1 Å². The molecule has 0 bridgehead atoms. The lowest BCUT2D eigenvalue weighted by Crippen LogP contribution is -2.23. The Morgan fingerprint density at radius 2 is 2.04 bits per heavy atom. The van der Waals surface area contributed by atoms with Crippen LogP contribution in [0.25, 0.3) is 0 Å². The topological polar surface area (TPSA) is 70.2 Å². The van der Waals surface area contributed by atoms with Gasteiger partial charge in [-0.05, 0) is 44.3 Å². The first-order valence-corrected chi connectivity index (χ1v) is 7.77. The molecule has 1 heterocycles. The number of aromatic nitrogens is 2. The molecule has 2 aromatic rings. The number of nitrogens with one attached hydrogen (secondary N) is 2. The van der Waals surface area contributed by atoms with Crippen LogP contribution in [-0.4, -0.2) is 48.3 Å². The van der Waals surface area contributed by atoms with Gasteiger partial charge in [0.25, 0.3) is 5.91 Å². The SMILES string of the molecule is CCc1cc(C(=O)NCc2ccc(OCCN(C)C)cc2)n[nH]1. The minimum Gasteiger partial charge on any atom is -0.492 e. The van der Waals surface area contributed by atoms with Gasteiger partial charge in [-0.2, -0.15) is 5.10 Å². The Morgan fingerprint density at radius 3 is 2.65 bits per heavy atom. The largest absolute Gasteiger partial charge is 0.492 e. The van der Waals surface area contributed by atoms with Crippen molar-refractivity contribution in [2.45, 2.75) is 19.9 Å². The summed E-state index contributed by atoms with van der Waals surface area (Å²) in [5, 5.41) is 9.70. The Hall–Kier alpha value is -2.34. The van der Waals surface area contributed by atoms with Crippen LogP contribution in [-0.2, 0) is 13.0 Å². The van der Waals surface area contributed by atoms with Crippen LogP contribution in [0.2, 0.25) is 0 Å². The fourth-order valence-corrected chi connectivity index (χ4v) is 1.98. The molecule has 1 amide bonds. The molecule has 2 N–H and O–H groups in total.